The first-order valence-electron chi connectivity index (χ1n) is 3.78. The summed E-state index contributed by atoms with van der Waals surface area (Å²) in [6.07, 6.45) is 1.73. The topological polar surface area (TPSA) is 36.4 Å². The lowest BCUT2D eigenvalue weighted by atomic mass is 10.4. The molecule has 0 saturated carbocycles. The van der Waals surface area contributed by atoms with Crippen molar-refractivity contribution in [3.8, 4) is 0 Å². The SMILES string of the molecule is CN(CCO)c1ncc(Br)cc1Br. The summed E-state index contributed by atoms with van der Waals surface area (Å²) in [7, 11) is 1.89. The summed E-state index contributed by atoms with van der Waals surface area (Å²) in [5.74, 6) is 0.831. The van der Waals surface area contributed by atoms with Crippen molar-refractivity contribution in [2.45, 2.75) is 0 Å². The van der Waals surface area contributed by atoms with E-state index < -0.39 is 0 Å². The third-order valence-electron chi connectivity index (χ3n) is 1.59. The van der Waals surface area contributed by atoms with Gasteiger partial charge in [-0.05, 0) is 37.9 Å². The number of aliphatic hydroxyl groups excluding tert-OH is 1. The Labute approximate surface area is 94.0 Å². The first kappa shape index (κ1) is 10.9. The molecule has 1 heterocycles. The summed E-state index contributed by atoms with van der Waals surface area (Å²) in [6.45, 7) is 0.702. The van der Waals surface area contributed by atoms with Crippen LogP contribution >= 0.6 is 31.9 Å². The third kappa shape index (κ3) is 2.93. The number of aromatic nitrogens is 1. The van der Waals surface area contributed by atoms with Crippen LogP contribution in [0.15, 0.2) is 21.2 Å². The van der Waals surface area contributed by atoms with Crippen molar-refractivity contribution in [2.75, 3.05) is 25.1 Å². The highest BCUT2D eigenvalue weighted by Gasteiger charge is 2.06. The average Bonchev–Trinajstić information content (AvgIpc) is 2.04. The predicted molar refractivity (Wildman–Crippen MR) is 60.0 cm³/mol. The number of aliphatic hydroxyl groups is 1. The van der Waals surface area contributed by atoms with Crippen molar-refractivity contribution in [2.24, 2.45) is 0 Å². The van der Waals surface area contributed by atoms with E-state index in [2.05, 4.69) is 36.8 Å². The number of anilines is 1. The van der Waals surface area contributed by atoms with Gasteiger partial charge in [-0.3, -0.25) is 0 Å². The first-order valence-corrected chi connectivity index (χ1v) is 5.37. The van der Waals surface area contributed by atoms with Gasteiger partial charge in [0.2, 0.25) is 0 Å². The molecule has 72 valence electrons. The monoisotopic (exact) mass is 308 g/mol. The summed E-state index contributed by atoms with van der Waals surface area (Å²) in [5, 5.41) is 8.75. The highest BCUT2D eigenvalue weighted by Crippen LogP contribution is 2.25. The van der Waals surface area contributed by atoms with E-state index in [9.17, 15) is 0 Å². The van der Waals surface area contributed by atoms with Crippen LogP contribution < -0.4 is 4.90 Å². The lowest BCUT2D eigenvalue weighted by Crippen LogP contribution is -2.22. The van der Waals surface area contributed by atoms with E-state index >= 15 is 0 Å². The van der Waals surface area contributed by atoms with Gasteiger partial charge in [0.1, 0.15) is 5.82 Å². The molecule has 0 aromatic carbocycles. The number of likely N-dealkylation sites (N-methyl/N-ethyl adjacent to an activating group) is 1. The molecule has 0 bridgehead atoms. The number of hydrogen-bond donors (Lipinski definition) is 1. The maximum Gasteiger partial charge on any atom is 0.142 e. The molecule has 0 unspecified atom stereocenters. The van der Waals surface area contributed by atoms with Crippen molar-refractivity contribution >= 4 is 37.7 Å². The smallest absolute Gasteiger partial charge is 0.142 e. The fourth-order valence-electron chi connectivity index (χ4n) is 0.944. The van der Waals surface area contributed by atoms with E-state index in [1.807, 2.05) is 18.0 Å². The highest BCUT2D eigenvalue weighted by molar-refractivity contribution is 9.11. The fourth-order valence-corrected chi connectivity index (χ4v) is 2.23. The maximum absolute atomic E-state index is 8.75. The molecule has 0 radical (unpaired) electrons. The summed E-state index contributed by atoms with van der Waals surface area (Å²) in [4.78, 5) is 6.10. The molecule has 1 aromatic heterocycles. The Bertz CT molecular complexity index is 293. The molecule has 0 aliphatic rings. The second-order valence-corrected chi connectivity index (χ2v) is 4.37. The molecule has 13 heavy (non-hydrogen) atoms. The molecule has 3 nitrogen and oxygen atoms in total. The van der Waals surface area contributed by atoms with E-state index in [1.165, 1.54) is 0 Å². The van der Waals surface area contributed by atoms with Gasteiger partial charge in [-0.25, -0.2) is 4.98 Å². The zero-order valence-electron chi connectivity index (χ0n) is 7.17. The molecule has 0 fully saturated rings. The number of halogens is 2. The number of nitrogens with zero attached hydrogens (tertiary/aromatic N) is 2. The van der Waals surface area contributed by atoms with Crippen LogP contribution in [0.1, 0.15) is 0 Å². The Hall–Kier alpha value is -0.130. The van der Waals surface area contributed by atoms with Crippen molar-refractivity contribution in [3.63, 3.8) is 0 Å². The van der Waals surface area contributed by atoms with Gasteiger partial charge in [-0.15, -0.1) is 0 Å². The van der Waals surface area contributed by atoms with Crippen molar-refractivity contribution < 1.29 is 5.11 Å². The van der Waals surface area contributed by atoms with Gasteiger partial charge >= 0.3 is 0 Å². The molecule has 0 saturated heterocycles. The van der Waals surface area contributed by atoms with Gasteiger partial charge in [0.25, 0.3) is 0 Å². The second kappa shape index (κ2) is 4.93. The second-order valence-electron chi connectivity index (χ2n) is 2.60. The quantitative estimate of drug-likeness (QED) is 0.928. The molecule has 0 aliphatic carbocycles. The predicted octanol–water partition coefficient (Wildman–Crippen LogP) is 2.04. The first-order chi connectivity index (χ1) is 6.15. The van der Waals surface area contributed by atoms with Gasteiger partial charge in [0.15, 0.2) is 0 Å². The Balaban J connectivity index is 2.88. The normalized spacial score (nSPS) is 10.2. The summed E-state index contributed by atoms with van der Waals surface area (Å²) < 4.78 is 1.85. The average molecular weight is 310 g/mol. The minimum absolute atomic E-state index is 0.126. The lowest BCUT2D eigenvalue weighted by Gasteiger charge is -2.17. The van der Waals surface area contributed by atoms with Crippen LogP contribution in [-0.2, 0) is 0 Å². The lowest BCUT2D eigenvalue weighted by molar-refractivity contribution is 0.304. The Morgan fingerprint density at radius 3 is 2.77 bits per heavy atom. The zero-order valence-corrected chi connectivity index (χ0v) is 10.3. The summed E-state index contributed by atoms with van der Waals surface area (Å²) in [5.41, 5.74) is 0. The van der Waals surface area contributed by atoms with Crippen LogP contribution in [0, 0.1) is 0 Å². The molecule has 0 aliphatic heterocycles. The van der Waals surface area contributed by atoms with Gasteiger partial charge in [-0.2, -0.15) is 0 Å². The standard InChI is InChI=1S/C8H10Br2N2O/c1-12(2-3-13)8-7(10)4-6(9)5-11-8/h4-5,13H,2-3H2,1H3. The molecule has 0 amide bonds. The number of hydrogen-bond acceptors (Lipinski definition) is 3. The van der Waals surface area contributed by atoms with Crippen LogP contribution in [-0.4, -0.2) is 30.3 Å². The minimum Gasteiger partial charge on any atom is -0.395 e. The zero-order chi connectivity index (χ0) is 9.84. The molecule has 0 atom stereocenters. The molecule has 1 aromatic rings. The van der Waals surface area contributed by atoms with Crippen LogP contribution in [0.5, 0.6) is 0 Å². The van der Waals surface area contributed by atoms with E-state index in [4.69, 9.17) is 5.11 Å². The van der Waals surface area contributed by atoms with Crippen LogP contribution in [0.4, 0.5) is 5.82 Å². The Morgan fingerprint density at radius 1 is 1.54 bits per heavy atom. The van der Waals surface area contributed by atoms with E-state index in [-0.39, 0.29) is 6.61 Å². The minimum atomic E-state index is 0.126. The van der Waals surface area contributed by atoms with E-state index in [0.717, 1.165) is 14.8 Å². The van der Waals surface area contributed by atoms with Gasteiger partial charge in [0, 0.05) is 24.3 Å². The fraction of sp³-hybridized carbons (Fsp3) is 0.375. The summed E-state index contributed by atoms with van der Waals surface area (Å²) >= 11 is 6.73. The maximum atomic E-state index is 8.75. The highest BCUT2D eigenvalue weighted by atomic mass is 79.9. The molecule has 0 spiro atoms. The van der Waals surface area contributed by atoms with Crippen LogP contribution in [0.2, 0.25) is 0 Å². The van der Waals surface area contributed by atoms with Crippen LogP contribution in [0.3, 0.4) is 0 Å². The molecule has 1 rings (SSSR count). The number of pyridine rings is 1. The molecular formula is C8H10Br2N2O. The van der Waals surface area contributed by atoms with E-state index in [1.54, 1.807) is 6.20 Å². The Kier molecular flexibility index (Phi) is 4.15. The van der Waals surface area contributed by atoms with E-state index in [0.29, 0.717) is 6.54 Å². The molecule has 1 N–H and O–H groups in total. The van der Waals surface area contributed by atoms with Gasteiger partial charge < -0.3 is 10.0 Å². The Morgan fingerprint density at radius 2 is 2.23 bits per heavy atom. The molecular weight excluding hydrogens is 300 g/mol. The van der Waals surface area contributed by atoms with Crippen LogP contribution in [0.25, 0.3) is 0 Å². The van der Waals surface area contributed by atoms with Crippen molar-refractivity contribution in [1.82, 2.24) is 4.98 Å². The molecule has 5 heteroatoms. The summed E-state index contributed by atoms with van der Waals surface area (Å²) in [6, 6.07) is 1.93. The van der Waals surface area contributed by atoms with Crippen molar-refractivity contribution in [3.05, 3.63) is 21.2 Å². The van der Waals surface area contributed by atoms with Gasteiger partial charge in [-0.1, -0.05) is 0 Å². The van der Waals surface area contributed by atoms with Gasteiger partial charge in [0.05, 0.1) is 11.1 Å². The number of rotatable bonds is 3. The van der Waals surface area contributed by atoms with Crippen molar-refractivity contribution in [1.29, 1.82) is 0 Å². The largest absolute Gasteiger partial charge is 0.395 e. The third-order valence-corrected chi connectivity index (χ3v) is 2.60.